The molecule has 21 heavy (non-hydrogen) atoms. The lowest BCUT2D eigenvalue weighted by atomic mass is 10.2. The van der Waals surface area contributed by atoms with E-state index in [1.54, 1.807) is 6.07 Å². The van der Waals surface area contributed by atoms with Crippen LogP contribution in [0.2, 0.25) is 5.02 Å². The van der Waals surface area contributed by atoms with Crippen LogP contribution in [0.25, 0.3) is 0 Å². The normalized spacial score (nSPS) is 9.81. The van der Waals surface area contributed by atoms with Gasteiger partial charge in [0.25, 0.3) is 5.91 Å². The van der Waals surface area contributed by atoms with Gasteiger partial charge in [0.2, 0.25) is 0 Å². The van der Waals surface area contributed by atoms with Crippen molar-refractivity contribution in [3.63, 3.8) is 0 Å². The lowest BCUT2D eigenvalue weighted by Crippen LogP contribution is -3.00. The van der Waals surface area contributed by atoms with E-state index < -0.39 is 0 Å². The average molecular weight is 325 g/mol. The summed E-state index contributed by atoms with van der Waals surface area (Å²) in [5, 5.41) is 5.40. The Morgan fingerprint density at radius 3 is 2.52 bits per heavy atom. The first-order valence-electron chi connectivity index (χ1n) is 6.57. The lowest BCUT2D eigenvalue weighted by Gasteiger charge is -2.09. The molecule has 0 bridgehead atoms. The van der Waals surface area contributed by atoms with Crippen LogP contribution in [0.5, 0.6) is 0 Å². The van der Waals surface area contributed by atoms with Crippen molar-refractivity contribution in [3.05, 3.63) is 64.7 Å². The number of halogens is 2. The number of hydrogen-bond donors (Lipinski definition) is 2. The van der Waals surface area contributed by atoms with Crippen LogP contribution in [0.3, 0.4) is 0 Å². The number of anilines is 1. The number of rotatable bonds is 5. The Morgan fingerprint density at radius 1 is 1.14 bits per heavy atom. The molecule has 2 aromatic rings. The number of nitrogens with two attached hydrogens (primary N) is 1. The lowest BCUT2D eigenvalue weighted by molar-refractivity contribution is -0.659. The minimum absolute atomic E-state index is 0. The van der Waals surface area contributed by atoms with E-state index in [0.29, 0.717) is 17.3 Å². The number of carbonyl (C=O) groups is 1. The van der Waals surface area contributed by atoms with Gasteiger partial charge in [-0.1, -0.05) is 54.1 Å². The van der Waals surface area contributed by atoms with Gasteiger partial charge in [0.1, 0.15) is 6.54 Å². The first-order chi connectivity index (χ1) is 9.66. The molecule has 0 aliphatic carbocycles. The number of benzene rings is 2. The second-order valence-corrected chi connectivity index (χ2v) is 5.07. The van der Waals surface area contributed by atoms with Gasteiger partial charge in [-0.3, -0.25) is 4.79 Å². The van der Waals surface area contributed by atoms with Crippen molar-refractivity contribution < 1.29 is 22.5 Å². The molecule has 2 rings (SSSR count). The van der Waals surface area contributed by atoms with Crippen LogP contribution in [0, 0.1) is 6.92 Å². The van der Waals surface area contributed by atoms with Crippen molar-refractivity contribution in [3.8, 4) is 0 Å². The number of aryl methyl sites for hydroxylation is 1. The van der Waals surface area contributed by atoms with Crippen LogP contribution in [0.4, 0.5) is 5.69 Å². The Bertz CT molecular complexity index is 568. The van der Waals surface area contributed by atoms with Gasteiger partial charge in [0.15, 0.2) is 6.54 Å². The van der Waals surface area contributed by atoms with Crippen LogP contribution >= 0.6 is 11.6 Å². The molecule has 1 amide bonds. The first kappa shape index (κ1) is 17.5. The number of hydrogen-bond acceptors (Lipinski definition) is 1. The quantitative estimate of drug-likeness (QED) is 0.754. The molecule has 0 aromatic heterocycles. The molecular formula is C16H18Cl2N2O. The van der Waals surface area contributed by atoms with Crippen LogP contribution in [-0.4, -0.2) is 12.5 Å². The van der Waals surface area contributed by atoms with E-state index in [1.807, 2.05) is 54.7 Å². The standard InChI is InChI=1S/C16H17ClN2O.ClH/c1-12-6-5-9-14(17)16(12)19-15(20)11-18-10-13-7-3-2-4-8-13;/h2-9,18H,10-11H2,1H3,(H,19,20);1H. The van der Waals surface area contributed by atoms with Crippen molar-refractivity contribution in [1.82, 2.24) is 0 Å². The van der Waals surface area contributed by atoms with Gasteiger partial charge in [-0.05, 0) is 18.6 Å². The number of quaternary nitrogens is 1. The fourth-order valence-electron chi connectivity index (χ4n) is 1.96. The van der Waals surface area contributed by atoms with Crippen LogP contribution in [0.15, 0.2) is 48.5 Å². The van der Waals surface area contributed by atoms with E-state index in [4.69, 9.17) is 11.6 Å². The Kier molecular flexibility index (Phi) is 7.23. The van der Waals surface area contributed by atoms with E-state index in [9.17, 15) is 4.79 Å². The SMILES string of the molecule is Cc1cccc(Cl)c1NC(=O)C[NH2+]Cc1ccccc1.[Cl-]. The highest BCUT2D eigenvalue weighted by molar-refractivity contribution is 6.33. The summed E-state index contributed by atoms with van der Waals surface area (Å²) in [7, 11) is 0. The van der Waals surface area contributed by atoms with E-state index in [1.165, 1.54) is 5.56 Å². The molecule has 112 valence electrons. The molecule has 0 atom stereocenters. The molecule has 0 aliphatic heterocycles. The fraction of sp³-hybridized carbons (Fsp3) is 0.188. The third-order valence-electron chi connectivity index (χ3n) is 3.04. The predicted octanol–water partition coefficient (Wildman–Crippen LogP) is -0.645. The summed E-state index contributed by atoms with van der Waals surface area (Å²) in [4.78, 5) is 11.9. The van der Waals surface area contributed by atoms with Crippen molar-refractivity contribution >= 4 is 23.2 Å². The molecule has 5 heteroatoms. The number of amides is 1. The maximum absolute atomic E-state index is 11.9. The molecule has 0 heterocycles. The molecule has 0 saturated carbocycles. The third kappa shape index (κ3) is 5.38. The molecule has 0 spiro atoms. The van der Waals surface area contributed by atoms with Gasteiger partial charge in [0, 0.05) is 5.56 Å². The summed E-state index contributed by atoms with van der Waals surface area (Å²) in [6.07, 6.45) is 0. The second-order valence-electron chi connectivity index (χ2n) is 4.66. The molecular weight excluding hydrogens is 307 g/mol. The number of para-hydroxylation sites is 1. The van der Waals surface area contributed by atoms with E-state index >= 15 is 0 Å². The molecule has 3 nitrogen and oxygen atoms in total. The minimum Gasteiger partial charge on any atom is -1.00 e. The summed E-state index contributed by atoms with van der Waals surface area (Å²) in [6.45, 7) is 3.09. The maximum Gasteiger partial charge on any atom is 0.279 e. The summed E-state index contributed by atoms with van der Waals surface area (Å²) in [6, 6.07) is 15.6. The molecule has 0 fully saturated rings. The zero-order valence-corrected chi connectivity index (χ0v) is 13.3. The van der Waals surface area contributed by atoms with Gasteiger partial charge in [0.05, 0.1) is 10.7 Å². The Balaban J connectivity index is 0.00000220. The molecule has 2 aromatic carbocycles. The molecule has 0 saturated heterocycles. The monoisotopic (exact) mass is 324 g/mol. The maximum atomic E-state index is 11.9. The highest BCUT2D eigenvalue weighted by Crippen LogP contribution is 2.24. The van der Waals surface area contributed by atoms with Gasteiger partial charge < -0.3 is 23.0 Å². The summed E-state index contributed by atoms with van der Waals surface area (Å²) in [5.74, 6) is -0.0443. The first-order valence-corrected chi connectivity index (χ1v) is 6.95. The topological polar surface area (TPSA) is 45.7 Å². The molecule has 0 aliphatic rings. The van der Waals surface area contributed by atoms with Crippen molar-refractivity contribution in [2.24, 2.45) is 0 Å². The minimum atomic E-state index is -0.0443. The fourth-order valence-corrected chi connectivity index (χ4v) is 2.23. The zero-order chi connectivity index (χ0) is 14.4. The van der Waals surface area contributed by atoms with Crippen LogP contribution in [-0.2, 0) is 11.3 Å². The summed E-state index contributed by atoms with van der Waals surface area (Å²) in [5.41, 5.74) is 2.87. The molecule has 0 radical (unpaired) electrons. The third-order valence-corrected chi connectivity index (χ3v) is 3.35. The van der Waals surface area contributed by atoms with Crippen molar-refractivity contribution in [2.75, 3.05) is 11.9 Å². The van der Waals surface area contributed by atoms with Crippen LogP contribution < -0.4 is 23.0 Å². The predicted molar refractivity (Wildman–Crippen MR) is 81.8 cm³/mol. The molecule has 0 unspecified atom stereocenters. The van der Waals surface area contributed by atoms with Gasteiger partial charge in [-0.2, -0.15) is 0 Å². The van der Waals surface area contributed by atoms with E-state index in [2.05, 4.69) is 5.32 Å². The Labute approximate surface area is 136 Å². The van der Waals surface area contributed by atoms with Gasteiger partial charge in [-0.25, -0.2) is 0 Å². The van der Waals surface area contributed by atoms with Gasteiger partial charge in [-0.15, -0.1) is 0 Å². The number of nitrogens with one attached hydrogen (secondary N) is 1. The Hall–Kier alpha value is -1.55. The van der Waals surface area contributed by atoms with Crippen molar-refractivity contribution in [1.29, 1.82) is 0 Å². The highest BCUT2D eigenvalue weighted by atomic mass is 35.5. The summed E-state index contributed by atoms with van der Waals surface area (Å²) < 4.78 is 0. The Morgan fingerprint density at radius 2 is 1.86 bits per heavy atom. The van der Waals surface area contributed by atoms with E-state index in [0.717, 1.165) is 12.1 Å². The van der Waals surface area contributed by atoms with E-state index in [-0.39, 0.29) is 18.3 Å². The average Bonchev–Trinajstić information content (AvgIpc) is 2.44. The smallest absolute Gasteiger partial charge is 0.279 e. The summed E-state index contributed by atoms with van der Waals surface area (Å²) >= 11 is 6.08. The van der Waals surface area contributed by atoms with Crippen LogP contribution in [0.1, 0.15) is 11.1 Å². The zero-order valence-electron chi connectivity index (χ0n) is 11.8. The highest BCUT2D eigenvalue weighted by Gasteiger charge is 2.09. The number of carbonyl (C=O) groups excluding carboxylic acids is 1. The van der Waals surface area contributed by atoms with Gasteiger partial charge >= 0.3 is 0 Å². The largest absolute Gasteiger partial charge is 1.00 e. The van der Waals surface area contributed by atoms with Crippen molar-refractivity contribution in [2.45, 2.75) is 13.5 Å². The second kappa shape index (κ2) is 8.67. The molecule has 3 N–H and O–H groups in total.